The van der Waals surface area contributed by atoms with Crippen LogP contribution in [0.15, 0.2) is 42.5 Å². The Hall–Kier alpha value is -1.98. The Bertz CT molecular complexity index is 650. The summed E-state index contributed by atoms with van der Waals surface area (Å²) in [5.74, 6) is -2.78. The van der Waals surface area contributed by atoms with Crippen LogP contribution in [-0.2, 0) is 11.3 Å². The van der Waals surface area contributed by atoms with E-state index in [0.717, 1.165) is 17.7 Å². The normalized spacial score (nSPS) is 10.5. The Morgan fingerprint density at radius 2 is 1.82 bits per heavy atom. The zero-order chi connectivity index (χ0) is 15.9. The molecule has 22 heavy (non-hydrogen) atoms. The number of amides is 1. The summed E-state index contributed by atoms with van der Waals surface area (Å²) in [6.45, 7) is 0.964. The number of nitrogens with one attached hydrogen (secondary N) is 1. The highest BCUT2D eigenvalue weighted by molar-refractivity contribution is 6.33. The molecule has 1 amide bonds. The third kappa shape index (κ3) is 4.51. The average molecular weight is 326 g/mol. The first-order valence-corrected chi connectivity index (χ1v) is 7.00. The lowest BCUT2D eigenvalue weighted by Crippen LogP contribution is -2.27. The molecular formula is C16H14ClF2NO2. The van der Waals surface area contributed by atoms with Crippen LogP contribution in [0, 0.1) is 11.6 Å². The second-order valence-electron chi connectivity index (χ2n) is 4.54. The van der Waals surface area contributed by atoms with Gasteiger partial charge in [0.15, 0.2) is 11.6 Å². The molecule has 0 bridgehead atoms. The fraction of sp³-hybridized carbons (Fsp3) is 0.188. The number of halogens is 3. The van der Waals surface area contributed by atoms with Crippen molar-refractivity contribution in [3.8, 4) is 0 Å². The molecule has 0 unspecified atom stereocenters. The molecular weight excluding hydrogens is 312 g/mol. The van der Waals surface area contributed by atoms with E-state index in [4.69, 9.17) is 16.3 Å². The SMILES string of the molecule is O=C(NCCOCc1ccccc1)c1cc(F)c(F)cc1Cl. The predicted octanol–water partition coefficient (Wildman–Crippen LogP) is 3.56. The lowest BCUT2D eigenvalue weighted by Gasteiger charge is -2.08. The number of carbonyl (C=O) groups excluding carboxylic acids is 1. The third-order valence-corrected chi connectivity index (χ3v) is 3.21. The smallest absolute Gasteiger partial charge is 0.252 e. The van der Waals surface area contributed by atoms with Crippen molar-refractivity contribution in [2.45, 2.75) is 6.61 Å². The van der Waals surface area contributed by atoms with Crippen molar-refractivity contribution in [2.75, 3.05) is 13.2 Å². The highest BCUT2D eigenvalue weighted by Crippen LogP contribution is 2.19. The van der Waals surface area contributed by atoms with Crippen LogP contribution in [0.4, 0.5) is 8.78 Å². The number of rotatable bonds is 6. The molecule has 0 atom stereocenters. The average Bonchev–Trinajstić information content (AvgIpc) is 2.51. The number of hydrogen-bond donors (Lipinski definition) is 1. The van der Waals surface area contributed by atoms with E-state index < -0.39 is 17.5 Å². The number of carbonyl (C=O) groups is 1. The minimum atomic E-state index is -1.12. The first-order valence-electron chi connectivity index (χ1n) is 6.62. The summed E-state index contributed by atoms with van der Waals surface area (Å²) in [6, 6.07) is 11.1. The van der Waals surface area contributed by atoms with Crippen molar-refractivity contribution in [1.82, 2.24) is 5.32 Å². The molecule has 0 aliphatic rings. The summed E-state index contributed by atoms with van der Waals surface area (Å²) in [6.07, 6.45) is 0. The molecule has 2 aromatic carbocycles. The topological polar surface area (TPSA) is 38.3 Å². The minimum absolute atomic E-state index is 0.108. The number of benzene rings is 2. The van der Waals surface area contributed by atoms with Crippen LogP contribution in [0.5, 0.6) is 0 Å². The van der Waals surface area contributed by atoms with Crippen LogP contribution in [0.3, 0.4) is 0 Å². The van der Waals surface area contributed by atoms with Crippen LogP contribution in [0.25, 0.3) is 0 Å². The van der Waals surface area contributed by atoms with Gasteiger partial charge in [0.1, 0.15) is 0 Å². The fourth-order valence-electron chi connectivity index (χ4n) is 1.79. The van der Waals surface area contributed by atoms with Gasteiger partial charge in [-0.15, -0.1) is 0 Å². The first kappa shape index (κ1) is 16.4. The maximum Gasteiger partial charge on any atom is 0.252 e. The van der Waals surface area contributed by atoms with E-state index in [1.807, 2.05) is 30.3 Å². The summed E-state index contributed by atoms with van der Waals surface area (Å²) >= 11 is 5.72. The lowest BCUT2D eigenvalue weighted by molar-refractivity contribution is 0.0900. The minimum Gasteiger partial charge on any atom is -0.375 e. The Balaban J connectivity index is 1.77. The van der Waals surface area contributed by atoms with Crippen LogP contribution in [-0.4, -0.2) is 19.1 Å². The summed E-state index contributed by atoms with van der Waals surface area (Å²) in [5.41, 5.74) is 0.918. The molecule has 0 spiro atoms. The van der Waals surface area contributed by atoms with Gasteiger partial charge in [0.2, 0.25) is 0 Å². The largest absolute Gasteiger partial charge is 0.375 e. The Morgan fingerprint density at radius 1 is 1.14 bits per heavy atom. The maximum absolute atomic E-state index is 13.1. The van der Waals surface area contributed by atoms with Crippen molar-refractivity contribution >= 4 is 17.5 Å². The van der Waals surface area contributed by atoms with E-state index in [-0.39, 0.29) is 17.1 Å². The predicted molar refractivity (Wildman–Crippen MR) is 79.8 cm³/mol. The van der Waals surface area contributed by atoms with E-state index >= 15 is 0 Å². The van der Waals surface area contributed by atoms with E-state index in [1.165, 1.54) is 0 Å². The van der Waals surface area contributed by atoms with Gasteiger partial charge in [-0.05, 0) is 17.7 Å². The number of ether oxygens (including phenoxy) is 1. The standard InChI is InChI=1S/C16H14ClF2NO2/c17-13-9-15(19)14(18)8-12(13)16(21)20-6-7-22-10-11-4-2-1-3-5-11/h1-5,8-9H,6-7,10H2,(H,20,21). The molecule has 116 valence electrons. The molecule has 2 aromatic rings. The molecule has 1 N–H and O–H groups in total. The van der Waals surface area contributed by atoms with E-state index in [9.17, 15) is 13.6 Å². The van der Waals surface area contributed by atoms with Gasteiger partial charge in [-0.25, -0.2) is 8.78 Å². The van der Waals surface area contributed by atoms with Gasteiger partial charge in [-0.2, -0.15) is 0 Å². The summed E-state index contributed by atoms with van der Waals surface area (Å²) in [7, 11) is 0. The van der Waals surface area contributed by atoms with Gasteiger partial charge in [0.25, 0.3) is 5.91 Å². The van der Waals surface area contributed by atoms with Gasteiger partial charge >= 0.3 is 0 Å². The van der Waals surface area contributed by atoms with Crippen molar-refractivity contribution in [3.05, 3.63) is 70.2 Å². The quantitative estimate of drug-likeness (QED) is 0.651. The summed E-state index contributed by atoms with van der Waals surface area (Å²) in [5, 5.41) is 2.40. The van der Waals surface area contributed by atoms with E-state index in [1.54, 1.807) is 0 Å². The van der Waals surface area contributed by atoms with Gasteiger partial charge in [0.05, 0.1) is 23.8 Å². The second-order valence-corrected chi connectivity index (χ2v) is 4.95. The highest BCUT2D eigenvalue weighted by Gasteiger charge is 2.14. The summed E-state index contributed by atoms with van der Waals surface area (Å²) < 4.78 is 31.4. The van der Waals surface area contributed by atoms with E-state index in [2.05, 4.69) is 5.32 Å². The Kier molecular flexibility index (Phi) is 5.86. The Labute approximate surface area is 131 Å². The number of hydrogen-bond acceptors (Lipinski definition) is 2. The van der Waals surface area contributed by atoms with Gasteiger partial charge < -0.3 is 10.1 Å². The summed E-state index contributed by atoms with van der Waals surface area (Å²) in [4.78, 5) is 11.8. The second kappa shape index (κ2) is 7.87. The molecule has 0 heterocycles. The zero-order valence-electron chi connectivity index (χ0n) is 11.6. The van der Waals surface area contributed by atoms with Gasteiger partial charge in [-0.1, -0.05) is 41.9 Å². The molecule has 0 aliphatic heterocycles. The van der Waals surface area contributed by atoms with Crippen molar-refractivity contribution in [3.63, 3.8) is 0 Å². The van der Waals surface area contributed by atoms with Crippen molar-refractivity contribution in [1.29, 1.82) is 0 Å². The van der Waals surface area contributed by atoms with E-state index in [0.29, 0.717) is 13.2 Å². The van der Waals surface area contributed by atoms with Crippen LogP contribution in [0.2, 0.25) is 5.02 Å². The van der Waals surface area contributed by atoms with Crippen LogP contribution < -0.4 is 5.32 Å². The van der Waals surface area contributed by atoms with Gasteiger partial charge in [-0.3, -0.25) is 4.79 Å². The molecule has 0 saturated carbocycles. The molecule has 0 aromatic heterocycles. The molecule has 0 fully saturated rings. The van der Waals surface area contributed by atoms with Crippen LogP contribution >= 0.6 is 11.6 Å². The monoisotopic (exact) mass is 325 g/mol. The highest BCUT2D eigenvalue weighted by atomic mass is 35.5. The van der Waals surface area contributed by atoms with Crippen molar-refractivity contribution < 1.29 is 18.3 Å². The molecule has 2 rings (SSSR count). The molecule has 0 saturated heterocycles. The molecule has 3 nitrogen and oxygen atoms in total. The first-order chi connectivity index (χ1) is 10.6. The van der Waals surface area contributed by atoms with Crippen LogP contribution in [0.1, 0.15) is 15.9 Å². The molecule has 0 radical (unpaired) electrons. The third-order valence-electron chi connectivity index (χ3n) is 2.90. The fourth-order valence-corrected chi connectivity index (χ4v) is 2.03. The lowest BCUT2D eigenvalue weighted by atomic mass is 10.2. The maximum atomic E-state index is 13.1. The van der Waals surface area contributed by atoms with Gasteiger partial charge in [0, 0.05) is 6.54 Å². The molecule has 0 aliphatic carbocycles. The Morgan fingerprint density at radius 3 is 2.55 bits per heavy atom. The van der Waals surface area contributed by atoms with Crippen molar-refractivity contribution in [2.24, 2.45) is 0 Å². The zero-order valence-corrected chi connectivity index (χ0v) is 12.4. The molecule has 6 heteroatoms.